The molecular formula is C16H23N7O2. The number of ether oxygens (including phenoxy) is 1. The summed E-state index contributed by atoms with van der Waals surface area (Å²) in [6, 6.07) is 1.56. The Bertz CT molecular complexity index is 746. The predicted octanol–water partition coefficient (Wildman–Crippen LogP) is 2.24. The number of aryl methyl sites for hydroxylation is 1. The lowest BCUT2D eigenvalue weighted by Crippen LogP contribution is -2.37. The molecule has 3 heterocycles. The summed E-state index contributed by atoms with van der Waals surface area (Å²) in [5, 5.41) is 11.3. The van der Waals surface area contributed by atoms with Gasteiger partial charge in [0.1, 0.15) is 18.8 Å². The number of hydrogen-bond donors (Lipinski definition) is 1. The first kappa shape index (κ1) is 17.1. The van der Waals surface area contributed by atoms with Crippen LogP contribution in [0.1, 0.15) is 39.6 Å². The highest BCUT2D eigenvalue weighted by molar-refractivity contribution is 5.89. The molecule has 0 aliphatic carbocycles. The van der Waals surface area contributed by atoms with Crippen LogP contribution in [0.25, 0.3) is 0 Å². The third-order valence-corrected chi connectivity index (χ3v) is 4.28. The van der Waals surface area contributed by atoms with E-state index in [1.54, 1.807) is 23.5 Å². The van der Waals surface area contributed by atoms with Gasteiger partial charge in [0, 0.05) is 12.7 Å². The van der Waals surface area contributed by atoms with Crippen molar-refractivity contribution in [2.24, 2.45) is 5.92 Å². The average molecular weight is 345 g/mol. The van der Waals surface area contributed by atoms with E-state index in [4.69, 9.17) is 4.74 Å². The fraction of sp³-hybridized carbons (Fsp3) is 0.562. The van der Waals surface area contributed by atoms with Crippen LogP contribution >= 0.6 is 0 Å². The third kappa shape index (κ3) is 3.40. The largest absolute Gasteiger partial charge is 0.447 e. The molecule has 1 unspecified atom stereocenters. The summed E-state index contributed by atoms with van der Waals surface area (Å²) < 4.78 is 7.14. The van der Waals surface area contributed by atoms with Crippen molar-refractivity contribution in [1.29, 1.82) is 0 Å². The number of rotatable bonds is 6. The Morgan fingerprint density at radius 2 is 2.20 bits per heavy atom. The molecule has 3 rings (SSSR count). The highest BCUT2D eigenvalue weighted by Crippen LogP contribution is 2.26. The lowest BCUT2D eigenvalue weighted by atomic mass is 10.0. The molecule has 1 aliphatic heterocycles. The Balaban J connectivity index is 1.81. The fourth-order valence-electron chi connectivity index (χ4n) is 2.84. The normalized spacial score (nSPS) is 18.5. The number of anilines is 2. The van der Waals surface area contributed by atoms with Gasteiger partial charge in [-0.15, -0.1) is 10.2 Å². The maximum Gasteiger partial charge on any atom is 0.415 e. The van der Waals surface area contributed by atoms with Crippen LogP contribution in [0.2, 0.25) is 0 Å². The second kappa shape index (κ2) is 7.04. The number of nitrogens with one attached hydrogen (secondary N) is 1. The van der Waals surface area contributed by atoms with E-state index in [0.717, 1.165) is 12.4 Å². The second-order valence-electron chi connectivity index (χ2n) is 6.34. The minimum atomic E-state index is -0.373. The predicted molar refractivity (Wildman–Crippen MR) is 92.2 cm³/mol. The van der Waals surface area contributed by atoms with Crippen LogP contribution < -0.4 is 10.2 Å². The number of nitrogens with zero attached hydrogens (tertiary/aromatic N) is 6. The van der Waals surface area contributed by atoms with Gasteiger partial charge in [0.15, 0.2) is 5.82 Å². The topological polar surface area (TPSA) is 98.1 Å². The van der Waals surface area contributed by atoms with Crippen LogP contribution in [0.4, 0.5) is 16.6 Å². The molecule has 0 bridgehead atoms. The number of hydrogen-bond acceptors (Lipinski definition) is 7. The van der Waals surface area contributed by atoms with Gasteiger partial charge < -0.3 is 14.6 Å². The van der Waals surface area contributed by atoms with Crippen molar-refractivity contribution < 1.29 is 9.53 Å². The van der Waals surface area contributed by atoms with Crippen molar-refractivity contribution in [3.05, 3.63) is 24.4 Å². The van der Waals surface area contributed by atoms with E-state index in [2.05, 4.69) is 39.3 Å². The van der Waals surface area contributed by atoms with E-state index in [9.17, 15) is 4.79 Å². The van der Waals surface area contributed by atoms with Gasteiger partial charge in [0.05, 0.1) is 12.1 Å². The van der Waals surface area contributed by atoms with Crippen molar-refractivity contribution >= 4 is 17.9 Å². The Morgan fingerprint density at radius 3 is 2.92 bits per heavy atom. The Labute approximate surface area is 146 Å². The molecule has 2 aromatic rings. The average Bonchev–Trinajstić information content (AvgIpc) is 3.21. The van der Waals surface area contributed by atoms with E-state index >= 15 is 0 Å². The molecular weight excluding hydrogens is 322 g/mol. The summed E-state index contributed by atoms with van der Waals surface area (Å²) >= 11 is 0. The highest BCUT2D eigenvalue weighted by Gasteiger charge is 2.37. The van der Waals surface area contributed by atoms with Gasteiger partial charge in [0.25, 0.3) is 0 Å². The summed E-state index contributed by atoms with van der Waals surface area (Å²) in [5.74, 6) is 2.03. The quantitative estimate of drug-likeness (QED) is 0.857. The van der Waals surface area contributed by atoms with Gasteiger partial charge in [-0.3, -0.25) is 4.90 Å². The van der Waals surface area contributed by atoms with E-state index in [1.165, 1.54) is 0 Å². The fourth-order valence-corrected chi connectivity index (χ4v) is 2.84. The molecule has 9 heteroatoms. The van der Waals surface area contributed by atoms with Crippen molar-refractivity contribution in [2.75, 3.05) is 16.8 Å². The molecule has 1 amide bonds. The lowest BCUT2D eigenvalue weighted by Gasteiger charge is -2.23. The van der Waals surface area contributed by atoms with Crippen molar-refractivity contribution in [3.63, 3.8) is 0 Å². The standard InChI is InChI=1S/C16H23N7O2/c1-5-22-9-18-21-14(22)11(4)19-15-17-7-6-13(20-15)23-12(10(2)3)8-25-16(23)24/h6-7,9-12H,5,8H2,1-4H3,(H,17,19,20)/t11-,12?/m1/s1. The first-order chi connectivity index (χ1) is 12.0. The number of aromatic nitrogens is 5. The lowest BCUT2D eigenvalue weighted by molar-refractivity contribution is 0.177. The van der Waals surface area contributed by atoms with Crippen molar-refractivity contribution in [1.82, 2.24) is 24.7 Å². The maximum atomic E-state index is 12.1. The van der Waals surface area contributed by atoms with Crippen LogP contribution in [-0.4, -0.2) is 43.5 Å². The summed E-state index contributed by atoms with van der Waals surface area (Å²) in [5.41, 5.74) is 0. The van der Waals surface area contributed by atoms with Crippen LogP contribution in [0.5, 0.6) is 0 Å². The van der Waals surface area contributed by atoms with Gasteiger partial charge in [-0.1, -0.05) is 13.8 Å². The number of carbonyl (C=O) groups is 1. The van der Waals surface area contributed by atoms with Crippen molar-refractivity contribution in [2.45, 2.75) is 46.3 Å². The van der Waals surface area contributed by atoms with Crippen molar-refractivity contribution in [3.8, 4) is 0 Å². The van der Waals surface area contributed by atoms with Gasteiger partial charge in [-0.2, -0.15) is 4.98 Å². The van der Waals surface area contributed by atoms with Gasteiger partial charge >= 0.3 is 6.09 Å². The number of carbonyl (C=O) groups excluding carboxylic acids is 1. The van der Waals surface area contributed by atoms with E-state index in [0.29, 0.717) is 18.4 Å². The van der Waals surface area contributed by atoms with Crippen LogP contribution in [-0.2, 0) is 11.3 Å². The number of cyclic esters (lactones) is 1. The van der Waals surface area contributed by atoms with Gasteiger partial charge in [0.2, 0.25) is 5.95 Å². The SMILES string of the molecule is CCn1cnnc1[C@@H](C)Nc1nccc(N2C(=O)OCC2C(C)C)n1. The molecule has 1 saturated heterocycles. The molecule has 25 heavy (non-hydrogen) atoms. The summed E-state index contributed by atoms with van der Waals surface area (Å²) in [4.78, 5) is 22.4. The minimum Gasteiger partial charge on any atom is -0.447 e. The first-order valence-corrected chi connectivity index (χ1v) is 8.44. The smallest absolute Gasteiger partial charge is 0.415 e. The Morgan fingerprint density at radius 1 is 1.40 bits per heavy atom. The monoisotopic (exact) mass is 345 g/mol. The summed E-state index contributed by atoms with van der Waals surface area (Å²) in [7, 11) is 0. The molecule has 0 saturated carbocycles. The zero-order valence-electron chi connectivity index (χ0n) is 14.9. The van der Waals surface area contributed by atoms with E-state index in [1.807, 2.05) is 18.4 Å². The number of amides is 1. The molecule has 0 aromatic carbocycles. The second-order valence-corrected chi connectivity index (χ2v) is 6.34. The Kier molecular flexibility index (Phi) is 4.82. The summed E-state index contributed by atoms with van der Waals surface area (Å²) in [6.45, 7) is 9.26. The minimum absolute atomic E-state index is 0.0316. The molecule has 134 valence electrons. The van der Waals surface area contributed by atoms with E-state index < -0.39 is 0 Å². The molecule has 1 fully saturated rings. The molecule has 9 nitrogen and oxygen atoms in total. The highest BCUT2D eigenvalue weighted by atomic mass is 16.6. The Hall–Kier alpha value is -2.71. The van der Waals surface area contributed by atoms with E-state index in [-0.39, 0.29) is 24.1 Å². The third-order valence-electron chi connectivity index (χ3n) is 4.28. The molecule has 2 atom stereocenters. The molecule has 1 N–H and O–H groups in total. The first-order valence-electron chi connectivity index (χ1n) is 8.44. The molecule has 2 aromatic heterocycles. The summed E-state index contributed by atoms with van der Waals surface area (Å²) in [6.07, 6.45) is 2.95. The zero-order valence-corrected chi connectivity index (χ0v) is 14.9. The molecule has 0 spiro atoms. The van der Waals surface area contributed by atoms with Crippen LogP contribution in [0.3, 0.4) is 0 Å². The van der Waals surface area contributed by atoms with Crippen LogP contribution in [0.15, 0.2) is 18.6 Å². The van der Waals surface area contributed by atoms with Crippen LogP contribution in [0, 0.1) is 5.92 Å². The maximum absolute atomic E-state index is 12.1. The van der Waals surface area contributed by atoms with Gasteiger partial charge in [-0.25, -0.2) is 9.78 Å². The van der Waals surface area contributed by atoms with Gasteiger partial charge in [-0.05, 0) is 25.8 Å². The molecule has 1 aliphatic rings. The molecule has 0 radical (unpaired) electrons. The zero-order chi connectivity index (χ0) is 18.0.